The summed E-state index contributed by atoms with van der Waals surface area (Å²) in [5.41, 5.74) is 2.50. The first kappa shape index (κ1) is 27.0. The lowest BCUT2D eigenvalue weighted by molar-refractivity contribution is -0.131. The molecule has 4 aromatic rings. The Morgan fingerprint density at radius 1 is 0.732 bits per heavy atom. The first-order valence-corrected chi connectivity index (χ1v) is 12.8. The van der Waals surface area contributed by atoms with Gasteiger partial charge in [0, 0.05) is 30.3 Å². The summed E-state index contributed by atoms with van der Waals surface area (Å²) in [5.74, 6) is -2.21. The second-order valence-corrected chi connectivity index (χ2v) is 9.37. The van der Waals surface area contributed by atoms with Crippen molar-refractivity contribution in [2.24, 2.45) is 0 Å². The average Bonchev–Trinajstić information content (AvgIpc) is 3.22. The molecule has 2 N–H and O–H groups in total. The fourth-order valence-corrected chi connectivity index (χ4v) is 4.56. The zero-order chi connectivity index (χ0) is 28.9. The van der Waals surface area contributed by atoms with Gasteiger partial charge in [-0.25, -0.2) is 0 Å². The van der Waals surface area contributed by atoms with E-state index in [0.717, 1.165) is 10.5 Å². The maximum atomic E-state index is 13.5. The predicted molar refractivity (Wildman–Crippen MR) is 152 cm³/mol. The molecule has 0 aromatic heterocycles. The number of nitrogens with one attached hydrogen (secondary N) is 2. The number of benzene rings is 4. The van der Waals surface area contributed by atoms with Gasteiger partial charge in [0.25, 0.3) is 17.7 Å². The van der Waals surface area contributed by atoms with Gasteiger partial charge in [0.2, 0.25) is 5.91 Å². The summed E-state index contributed by atoms with van der Waals surface area (Å²) in [6.07, 6.45) is 0.138. The second kappa shape index (κ2) is 11.7. The van der Waals surface area contributed by atoms with Crippen molar-refractivity contribution in [3.63, 3.8) is 0 Å². The third-order valence-electron chi connectivity index (χ3n) is 6.48. The van der Waals surface area contributed by atoms with Crippen LogP contribution in [0.4, 0.5) is 11.4 Å². The minimum atomic E-state index is -1.09. The van der Waals surface area contributed by atoms with E-state index in [0.29, 0.717) is 16.9 Å². The van der Waals surface area contributed by atoms with E-state index in [2.05, 4.69) is 10.6 Å². The van der Waals surface area contributed by atoms with Crippen molar-refractivity contribution in [3.8, 4) is 5.75 Å². The smallest absolute Gasteiger partial charge is 0.308 e. The highest BCUT2D eigenvalue weighted by Gasteiger charge is 2.42. The molecule has 5 rings (SSSR count). The first-order chi connectivity index (χ1) is 19.8. The molecule has 0 saturated carbocycles. The van der Waals surface area contributed by atoms with E-state index in [1.807, 2.05) is 30.3 Å². The van der Waals surface area contributed by atoms with Gasteiger partial charge in [-0.3, -0.25) is 28.9 Å². The highest BCUT2D eigenvalue weighted by Crippen LogP contribution is 2.27. The predicted octanol–water partition coefficient (Wildman–Crippen LogP) is 4.71. The highest BCUT2D eigenvalue weighted by atomic mass is 16.5. The standard InChI is InChI=1S/C32H25N3O6/c1-20(36)41-25-11-7-10-22(19-25)29(37)33-23-14-16-24(17-15-23)34-30(38)28(18-21-8-3-2-4-9-21)35-31(39)26-12-5-6-13-27(26)32(35)40/h2-17,19,28H,18H2,1H3,(H,33,37)(H,34,38). The van der Waals surface area contributed by atoms with Gasteiger partial charge in [-0.2, -0.15) is 0 Å². The number of ether oxygens (including phenoxy) is 1. The molecule has 0 radical (unpaired) electrons. The molecular weight excluding hydrogens is 522 g/mol. The van der Waals surface area contributed by atoms with Crippen LogP contribution in [-0.2, 0) is 16.0 Å². The fraction of sp³-hybridized carbons (Fsp3) is 0.0938. The third kappa shape index (κ3) is 6.04. The maximum absolute atomic E-state index is 13.5. The summed E-state index contributed by atoms with van der Waals surface area (Å²) in [4.78, 5) is 64.8. The molecule has 0 bridgehead atoms. The Balaban J connectivity index is 1.31. The number of fused-ring (bicyclic) bond motifs is 1. The molecule has 41 heavy (non-hydrogen) atoms. The molecule has 1 aliphatic heterocycles. The van der Waals surface area contributed by atoms with Crippen molar-refractivity contribution in [2.45, 2.75) is 19.4 Å². The van der Waals surface area contributed by atoms with Crippen LogP contribution in [0.2, 0.25) is 0 Å². The van der Waals surface area contributed by atoms with Crippen LogP contribution in [0.1, 0.15) is 43.6 Å². The molecule has 204 valence electrons. The molecule has 0 saturated heterocycles. The molecule has 1 heterocycles. The van der Waals surface area contributed by atoms with E-state index in [4.69, 9.17) is 4.74 Å². The minimum Gasteiger partial charge on any atom is -0.427 e. The van der Waals surface area contributed by atoms with Gasteiger partial charge in [-0.1, -0.05) is 48.5 Å². The lowest BCUT2D eigenvalue weighted by Crippen LogP contribution is -2.48. The summed E-state index contributed by atoms with van der Waals surface area (Å²) < 4.78 is 5.03. The van der Waals surface area contributed by atoms with E-state index in [1.54, 1.807) is 66.7 Å². The van der Waals surface area contributed by atoms with Crippen LogP contribution in [0.5, 0.6) is 5.75 Å². The fourth-order valence-electron chi connectivity index (χ4n) is 4.56. The largest absolute Gasteiger partial charge is 0.427 e. The highest BCUT2D eigenvalue weighted by molar-refractivity contribution is 6.23. The first-order valence-electron chi connectivity index (χ1n) is 12.8. The van der Waals surface area contributed by atoms with Crippen LogP contribution in [0.25, 0.3) is 0 Å². The number of nitrogens with zero attached hydrogens (tertiary/aromatic N) is 1. The Bertz CT molecular complexity index is 1610. The molecule has 4 amide bonds. The molecule has 9 heteroatoms. The molecular formula is C32H25N3O6. The van der Waals surface area contributed by atoms with E-state index in [1.165, 1.54) is 13.0 Å². The SMILES string of the molecule is CC(=O)Oc1cccc(C(=O)Nc2ccc(NC(=O)C(Cc3ccccc3)N3C(=O)c4ccccc4C3=O)cc2)c1. The summed E-state index contributed by atoms with van der Waals surface area (Å²) in [5, 5.41) is 5.55. The van der Waals surface area contributed by atoms with Crippen LogP contribution in [-0.4, -0.2) is 40.5 Å². The van der Waals surface area contributed by atoms with Crippen LogP contribution >= 0.6 is 0 Å². The Kier molecular flexibility index (Phi) is 7.69. The zero-order valence-corrected chi connectivity index (χ0v) is 22.0. The number of rotatable bonds is 8. The number of anilines is 2. The maximum Gasteiger partial charge on any atom is 0.308 e. The molecule has 4 aromatic carbocycles. The van der Waals surface area contributed by atoms with E-state index in [9.17, 15) is 24.0 Å². The van der Waals surface area contributed by atoms with Crippen molar-refractivity contribution in [1.29, 1.82) is 0 Å². The summed E-state index contributed by atoms with van der Waals surface area (Å²) in [7, 11) is 0. The lowest BCUT2D eigenvalue weighted by Gasteiger charge is -2.25. The van der Waals surface area contributed by atoms with Crippen LogP contribution in [0.3, 0.4) is 0 Å². The lowest BCUT2D eigenvalue weighted by atomic mass is 10.0. The van der Waals surface area contributed by atoms with Crippen molar-refractivity contribution in [2.75, 3.05) is 10.6 Å². The molecule has 1 unspecified atom stereocenters. The van der Waals surface area contributed by atoms with Crippen molar-refractivity contribution in [1.82, 2.24) is 4.90 Å². The van der Waals surface area contributed by atoms with E-state index >= 15 is 0 Å². The van der Waals surface area contributed by atoms with Crippen LogP contribution in [0, 0.1) is 0 Å². The van der Waals surface area contributed by atoms with E-state index < -0.39 is 35.6 Å². The quantitative estimate of drug-likeness (QED) is 0.187. The van der Waals surface area contributed by atoms with Gasteiger partial charge < -0.3 is 15.4 Å². The number of amides is 4. The van der Waals surface area contributed by atoms with Crippen molar-refractivity contribution in [3.05, 3.63) is 125 Å². The number of imide groups is 1. The van der Waals surface area contributed by atoms with Gasteiger partial charge in [0.15, 0.2) is 0 Å². The molecule has 1 atom stereocenters. The number of hydrogen-bond acceptors (Lipinski definition) is 6. The normalized spacial score (nSPS) is 12.9. The van der Waals surface area contributed by atoms with Crippen molar-refractivity contribution >= 4 is 41.0 Å². The van der Waals surface area contributed by atoms with Gasteiger partial charge in [0.1, 0.15) is 11.8 Å². The van der Waals surface area contributed by atoms with Gasteiger partial charge in [-0.15, -0.1) is 0 Å². The number of hydrogen-bond donors (Lipinski definition) is 2. The average molecular weight is 548 g/mol. The summed E-state index contributed by atoms with van der Waals surface area (Å²) in [6, 6.07) is 27.2. The number of carbonyl (C=O) groups excluding carboxylic acids is 5. The van der Waals surface area contributed by atoms with Gasteiger partial charge >= 0.3 is 5.97 Å². The molecule has 0 aliphatic carbocycles. The Labute approximate surface area is 235 Å². The zero-order valence-electron chi connectivity index (χ0n) is 22.0. The monoisotopic (exact) mass is 547 g/mol. The summed E-state index contributed by atoms with van der Waals surface area (Å²) >= 11 is 0. The Hall–Kier alpha value is -5.57. The third-order valence-corrected chi connectivity index (χ3v) is 6.48. The second-order valence-electron chi connectivity index (χ2n) is 9.37. The number of esters is 1. The Morgan fingerprint density at radius 3 is 1.93 bits per heavy atom. The molecule has 9 nitrogen and oxygen atoms in total. The van der Waals surface area contributed by atoms with Crippen LogP contribution < -0.4 is 15.4 Å². The molecule has 0 spiro atoms. The van der Waals surface area contributed by atoms with Gasteiger partial charge in [-0.05, 0) is 60.2 Å². The summed E-state index contributed by atoms with van der Waals surface area (Å²) in [6.45, 7) is 1.27. The van der Waals surface area contributed by atoms with Gasteiger partial charge in [0.05, 0.1) is 11.1 Å². The topological polar surface area (TPSA) is 122 Å². The van der Waals surface area contributed by atoms with Crippen molar-refractivity contribution < 1.29 is 28.7 Å². The van der Waals surface area contributed by atoms with E-state index in [-0.39, 0.29) is 23.3 Å². The minimum absolute atomic E-state index is 0.138. The number of carbonyl (C=O) groups is 5. The Morgan fingerprint density at radius 2 is 1.32 bits per heavy atom. The molecule has 1 aliphatic rings. The molecule has 0 fully saturated rings. The van der Waals surface area contributed by atoms with Crippen LogP contribution in [0.15, 0.2) is 103 Å².